The van der Waals surface area contributed by atoms with Crippen molar-refractivity contribution in [3.05, 3.63) is 33.4 Å². The van der Waals surface area contributed by atoms with Crippen molar-refractivity contribution in [3.8, 4) is 0 Å². The Hall–Kier alpha value is -2.21. The molecule has 26 heavy (non-hydrogen) atoms. The third-order valence-electron chi connectivity index (χ3n) is 4.33. The second kappa shape index (κ2) is 6.50. The highest BCUT2D eigenvalue weighted by Crippen LogP contribution is 2.40. The number of hydrogen-bond acceptors (Lipinski definition) is 5. The second-order valence-electron chi connectivity index (χ2n) is 6.08. The predicted molar refractivity (Wildman–Crippen MR) is 82.0 cm³/mol. The zero-order valence-electron chi connectivity index (χ0n) is 13.6. The van der Waals surface area contributed by atoms with E-state index in [-0.39, 0.29) is 11.1 Å². The summed E-state index contributed by atoms with van der Waals surface area (Å²) in [6.07, 6.45) is -4.89. The molecule has 1 fully saturated rings. The molecule has 2 atom stereocenters. The molecular formula is C14H15F3N2O6S. The Kier molecular flexibility index (Phi) is 5.03. The van der Waals surface area contributed by atoms with Crippen LogP contribution in [0.1, 0.15) is 11.1 Å². The summed E-state index contributed by atoms with van der Waals surface area (Å²) < 4.78 is 65.1. The van der Waals surface area contributed by atoms with Crippen molar-refractivity contribution in [2.24, 2.45) is 11.8 Å². The van der Waals surface area contributed by atoms with Gasteiger partial charge in [-0.3, -0.25) is 14.9 Å². The van der Waals surface area contributed by atoms with Crippen LogP contribution in [-0.2, 0) is 14.8 Å². The van der Waals surface area contributed by atoms with E-state index in [9.17, 15) is 36.5 Å². The normalized spacial score (nSPS) is 21.7. The molecule has 0 amide bonds. The summed E-state index contributed by atoms with van der Waals surface area (Å²) in [6, 6.07) is 2.04. The van der Waals surface area contributed by atoms with E-state index in [2.05, 4.69) is 0 Å². The first-order valence-electron chi connectivity index (χ1n) is 7.32. The number of aliphatic carboxylic acids is 1. The molecule has 2 rings (SSSR count). The Morgan fingerprint density at radius 3 is 2.27 bits per heavy atom. The maximum Gasteiger partial charge on any atom is 0.393 e. The van der Waals surface area contributed by atoms with E-state index in [1.165, 1.54) is 19.9 Å². The lowest BCUT2D eigenvalue weighted by Crippen LogP contribution is -2.34. The van der Waals surface area contributed by atoms with E-state index in [1.807, 2.05) is 0 Å². The lowest BCUT2D eigenvalue weighted by Gasteiger charge is -2.19. The third-order valence-corrected chi connectivity index (χ3v) is 6.31. The van der Waals surface area contributed by atoms with Crippen molar-refractivity contribution < 1.29 is 36.4 Å². The van der Waals surface area contributed by atoms with Gasteiger partial charge in [0.15, 0.2) is 0 Å². The topological polar surface area (TPSA) is 118 Å². The molecule has 1 aromatic rings. The zero-order valence-corrected chi connectivity index (χ0v) is 14.5. The maximum absolute atomic E-state index is 13.1. The molecule has 0 radical (unpaired) electrons. The van der Waals surface area contributed by atoms with Crippen LogP contribution in [0, 0.1) is 35.8 Å². The number of benzene rings is 1. The number of rotatable bonds is 4. The van der Waals surface area contributed by atoms with Gasteiger partial charge in [-0.25, -0.2) is 8.42 Å². The molecule has 1 aliphatic heterocycles. The summed E-state index contributed by atoms with van der Waals surface area (Å²) in [7, 11) is -4.54. The Morgan fingerprint density at radius 2 is 1.85 bits per heavy atom. The lowest BCUT2D eigenvalue weighted by molar-refractivity contribution is -0.385. The van der Waals surface area contributed by atoms with Gasteiger partial charge in [-0.2, -0.15) is 17.5 Å². The van der Waals surface area contributed by atoms with Crippen molar-refractivity contribution in [1.82, 2.24) is 4.31 Å². The van der Waals surface area contributed by atoms with Crippen LogP contribution >= 0.6 is 0 Å². The third kappa shape index (κ3) is 3.51. The van der Waals surface area contributed by atoms with E-state index < -0.39 is 62.6 Å². The number of carbonyl (C=O) groups is 1. The summed E-state index contributed by atoms with van der Waals surface area (Å²) in [5.74, 6) is -6.04. The first kappa shape index (κ1) is 20.1. The van der Waals surface area contributed by atoms with Gasteiger partial charge < -0.3 is 5.11 Å². The number of carboxylic acid groups (broad SMARTS) is 1. The molecule has 0 aromatic heterocycles. The number of aryl methyl sites for hydroxylation is 2. The summed E-state index contributed by atoms with van der Waals surface area (Å²) in [5.41, 5.74) is -0.171. The van der Waals surface area contributed by atoms with Crippen molar-refractivity contribution >= 4 is 21.7 Å². The minimum Gasteiger partial charge on any atom is -0.481 e. The SMILES string of the molecule is Cc1cc(C)c(S(=O)(=O)N2C[C@@H](C(F)(F)F)[C@H](C(=O)O)C2)cc1[N+](=O)[O-]. The number of hydrogen-bond donors (Lipinski definition) is 1. The van der Waals surface area contributed by atoms with Crippen LogP contribution in [0.25, 0.3) is 0 Å². The zero-order chi connectivity index (χ0) is 20.0. The molecule has 0 saturated carbocycles. The highest BCUT2D eigenvalue weighted by Gasteiger charge is 2.55. The smallest absolute Gasteiger partial charge is 0.393 e. The van der Waals surface area contributed by atoms with E-state index in [0.717, 1.165) is 6.07 Å². The first-order valence-corrected chi connectivity index (χ1v) is 8.76. The van der Waals surface area contributed by atoms with Gasteiger partial charge in [-0.1, -0.05) is 0 Å². The lowest BCUT2D eigenvalue weighted by atomic mass is 9.96. The Balaban J connectivity index is 2.50. The second-order valence-corrected chi connectivity index (χ2v) is 7.98. The molecule has 8 nitrogen and oxygen atoms in total. The average molecular weight is 396 g/mol. The molecule has 1 aliphatic rings. The van der Waals surface area contributed by atoms with E-state index in [0.29, 0.717) is 4.31 Å². The number of sulfonamides is 1. The fourth-order valence-corrected chi connectivity index (χ4v) is 4.70. The minimum atomic E-state index is -4.89. The van der Waals surface area contributed by atoms with Crippen LogP contribution in [0.15, 0.2) is 17.0 Å². The number of halogens is 3. The molecule has 0 bridgehead atoms. The van der Waals surface area contributed by atoms with Crippen molar-refractivity contribution in [2.75, 3.05) is 13.1 Å². The van der Waals surface area contributed by atoms with Gasteiger partial charge in [-0.05, 0) is 25.5 Å². The molecule has 12 heteroatoms. The quantitative estimate of drug-likeness (QED) is 0.615. The molecule has 1 N–H and O–H groups in total. The van der Waals surface area contributed by atoms with Gasteiger partial charge >= 0.3 is 12.1 Å². The predicted octanol–water partition coefficient (Wildman–Crippen LogP) is 2.10. The molecule has 1 heterocycles. The molecule has 1 aromatic carbocycles. The van der Waals surface area contributed by atoms with E-state index >= 15 is 0 Å². The van der Waals surface area contributed by atoms with Crippen LogP contribution in [0.5, 0.6) is 0 Å². The number of nitro groups is 1. The van der Waals surface area contributed by atoms with Gasteiger partial charge in [0.25, 0.3) is 5.69 Å². The monoisotopic (exact) mass is 396 g/mol. The van der Waals surface area contributed by atoms with Crippen LogP contribution in [0.3, 0.4) is 0 Å². The first-order chi connectivity index (χ1) is 11.8. The van der Waals surface area contributed by atoms with Gasteiger partial charge in [0.05, 0.1) is 21.7 Å². The van der Waals surface area contributed by atoms with Crippen LogP contribution in [-0.4, -0.2) is 48.0 Å². The van der Waals surface area contributed by atoms with Gasteiger partial charge in [0, 0.05) is 24.7 Å². The molecule has 0 aliphatic carbocycles. The van der Waals surface area contributed by atoms with Crippen molar-refractivity contribution in [1.29, 1.82) is 0 Å². The van der Waals surface area contributed by atoms with E-state index in [4.69, 9.17) is 5.11 Å². The highest BCUT2D eigenvalue weighted by molar-refractivity contribution is 7.89. The van der Waals surface area contributed by atoms with Crippen LogP contribution in [0.4, 0.5) is 18.9 Å². The number of nitrogens with zero attached hydrogens (tertiary/aromatic N) is 2. The fourth-order valence-electron chi connectivity index (χ4n) is 2.98. The summed E-state index contributed by atoms with van der Waals surface area (Å²) in [6.45, 7) is 0.847. The Bertz CT molecular complexity index is 868. The maximum atomic E-state index is 13.1. The fraction of sp³-hybridized carbons (Fsp3) is 0.500. The van der Waals surface area contributed by atoms with Crippen molar-refractivity contribution in [2.45, 2.75) is 24.9 Å². The largest absolute Gasteiger partial charge is 0.481 e. The highest BCUT2D eigenvalue weighted by atomic mass is 32.2. The van der Waals surface area contributed by atoms with Gasteiger partial charge in [0.2, 0.25) is 10.0 Å². The van der Waals surface area contributed by atoms with Crippen molar-refractivity contribution in [3.63, 3.8) is 0 Å². The summed E-state index contributed by atoms with van der Waals surface area (Å²) >= 11 is 0. The average Bonchev–Trinajstić information content (AvgIpc) is 2.92. The molecule has 144 valence electrons. The van der Waals surface area contributed by atoms with E-state index in [1.54, 1.807) is 0 Å². The molecule has 0 spiro atoms. The van der Waals surface area contributed by atoms with Crippen LogP contribution in [0.2, 0.25) is 0 Å². The Morgan fingerprint density at radius 1 is 1.27 bits per heavy atom. The van der Waals surface area contributed by atoms with Gasteiger partial charge in [0.1, 0.15) is 0 Å². The molecule has 1 saturated heterocycles. The molecule has 0 unspecified atom stereocenters. The molecular weight excluding hydrogens is 381 g/mol. The standard InChI is InChI=1S/C14H15F3N2O6S/c1-7-3-8(2)12(4-11(7)19(22)23)26(24,25)18-5-9(13(20)21)10(6-18)14(15,16)17/h3-4,9-10H,5-6H2,1-2H3,(H,20,21)/t9-,10-/m1/s1. The number of nitro benzene ring substituents is 1. The summed E-state index contributed by atoms with van der Waals surface area (Å²) in [5, 5.41) is 20.0. The Labute approximate surface area is 146 Å². The number of alkyl halides is 3. The van der Waals surface area contributed by atoms with Gasteiger partial charge in [-0.15, -0.1) is 0 Å². The van der Waals surface area contributed by atoms with Crippen LogP contribution < -0.4 is 0 Å². The number of carboxylic acids is 1. The summed E-state index contributed by atoms with van der Waals surface area (Å²) in [4.78, 5) is 20.8. The minimum absolute atomic E-state index is 0.121.